The summed E-state index contributed by atoms with van der Waals surface area (Å²) >= 11 is 0. The topological polar surface area (TPSA) is 36.7 Å². The van der Waals surface area contributed by atoms with Gasteiger partial charge in [0.1, 0.15) is 6.07 Å². The second kappa shape index (κ2) is 2.81. The van der Waals surface area contributed by atoms with Crippen LogP contribution in [0.25, 0.3) is 0 Å². The van der Waals surface area contributed by atoms with Crippen molar-refractivity contribution in [2.75, 3.05) is 0 Å². The molecule has 1 heterocycles. The number of nitriles is 1. The van der Waals surface area contributed by atoms with Crippen LogP contribution in [0.4, 0.5) is 4.39 Å². The van der Waals surface area contributed by atoms with Crippen molar-refractivity contribution in [1.82, 2.24) is 4.98 Å². The lowest BCUT2D eigenvalue weighted by atomic mass is 10.2. The van der Waals surface area contributed by atoms with Crippen LogP contribution in [-0.4, -0.2) is 4.98 Å². The van der Waals surface area contributed by atoms with Crippen molar-refractivity contribution in [3.63, 3.8) is 0 Å². The van der Waals surface area contributed by atoms with Gasteiger partial charge in [0.25, 0.3) is 0 Å². The Labute approximate surface area is 63.3 Å². The third kappa shape index (κ3) is 1.33. The van der Waals surface area contributed by atoms with Gasteiger partial charge >= 0.3 is 0 Å². The highest BCUT2D eigenvalue weighted by atomic mass is 19.1. The molecule has 0 aliphatic rings. The zero-order valence-corrected chi connectivity index (χ0v) is 5.50. The molecule has 0 saturated carbocycles. The molecule has 0 unspecified atom stereocenters. The van der Waals surface area contributed by atoms with E-state index in [4.69, 9.17) is 11.7 Å². The average Bonchev–Trinajstić information content (AvgIpc) is 2.04. The molecule has 0 radical (unpaired) electrons. The largest absolute Gasteiger partial charge is 0.227 e. The number of aromatic nitrogens is 1. The van der Waals surface area contributed by atoms with Gasteiger partial charge in [-0.05, 0) is 0 Å². The van der Waals surface area contributed by atoms with E-state index in [9.17, 15) is 4.39 Å². The average molecular weight is 146 g/mol. The first-order chi connectivity index (χ1) is 5.27. The third-order valence-corrected chi connectivity index (χ3v) is 1.15. The van der Waals surface area contributed by atoms with Crippen LogP contribution in [0.2, 0.25) is 0 Å². The highest BCUT2D eigenvalue weighted by Crippen LogP contribution is 2.05. The second-order valence-corrected chi connectivity index (χ2v) is 1.81. The standard InChI is InChI=1S/C8H3FN2/c1-2-6-3-8(9)11-5-7(6)4-10/h1,3,5H. The van der Waals surface area contributed by atoms with Crippen LogP contribution in [0.15, 0.2) is 12.3 Å². The summed E-state index contributed by atoms with van der Waals surface area (Å²) in [5.74, 6) is 1.52. The second-order valence-electron chi connectivity index (χ2n) is 1.81. The van der Waals surface area contributed by atoms with Gasteiger partial charge in [0.05, 0.1) is 5.56 Å². The van der Waals surface area contributed by atoms with Crippen LogP contribution in [0, 0.1) is 29.6 Å². The molecule has 1 rings (SSSR count). The molecule has 0 atom stereocenters. The molecule has 0 aliphatic heterocycles. The van der Waals surface area contributed by atoms with Crippen molar-refractivity contribution in [3.8, 4) is 18.4 Å². The Bertz CT molecular complexity index is 357. The normalized spacial score (nSPS) is 8.27. The summed E-state index contributed by atoms with van der Waals surface area (Å²) in [6.45, 7) is 0. The van der Waals surface area contributed by atoms with Gasteiger partial charge in [-0.2, -0.15) is 9.65 Å². The maximum absolute atomic E-state index is 12.4. The van der Waals surface area contributed by atoms with Crippen LogP contribution < -0.4 is 0 Å². The molecule has 0 N–H and O–H groups in total. The summed E-state index contributed by atoms with van der Waals surface area (Å²) < 4.78 is 12.4. The summed E-state index contributed by atoms with van der Waals surface area (Å²) in [6, 6.07) is 2.86. The van der Waals surface area contributed by atoms with E-state index in [1.807, 2.05) is 0 Å². The minimum absolute atomic E-state index is 0.217. The first-order valence-corrected chi connectivity index (χ1v) is 2.80. The van der Waals surface area contributed by atoms with Gasteiger partial charge in [0.2, 0.25) is 5.95 Å². The van der Waals surface area contributed by atoms with Crippen molar-refractivity contribution in [2.45, 2.75) is 0 Å². The molecule has 0 bridgehead atoms. The lowest BCUT2D eigenvalue weighted by Crippen LogP contribution is -1.88. The van der Waals surface area contributed by atoms with Gasteiger partial charge in [-0.1, -0.05) is 5.92 Å². The van der Waals surface area contributed by atoms with Crippen molar-refractivity contribution in [1.29, 1.82) is 5.26 Å². The van der Waals surface area contributed by atoms with Gasteiger partial charge in [0, 0.05) is 17.8 Å². The predicted octanol–water partition coefficient (Wildman–Crippen LogP) is 1.07. The van der Waals surface area contributed by atoms with Crippen molar-refractivity contribution in [2.24, 2.45) is 0 Å². The number of hydrogen-bond acceptors (Lipinski definition) is 2. The Balaban J connectivity index is 3.34. The Hall–Kier alpha value is -1.87. The molecule has 0 spiro atoms. The maximum Gasteiger partial charge on any atom is 0.214 e. The van der Waals surface area contributed by atoms with Gasteiger partial charge in [-0.25, -0.2) is 4.98 Å². The minimum Gasteiger partial charge on any atom is -0.227 e. The summed E-state index contributed by atoms with van der Waals surface area (Å²) in [7, 11) is 0. The van der Waals surface area contributed by atoms with Gasteiger partial charge < -0.3 is 0 Å². The number of nitrogens with zero attached hydrogens (tertiary/aromatic N) is 2. The van der Waals surface area contributed by atoms with Crippen LogP contribution in [-0.2, 0) is 0 Å². The summed E-state index contributed by atoms with van der Waals surface area (Å²) in [5.41, 5.74) is 0.453. The van der Waals surface area contributed by atoms with E-state index >= 15 is 0 Å². The number of rotatable bonds is 0. The van der Waals surface area contributed by atoms with E-state index < -0.39 is 5.95 Å². The molecular formula is C8H3FN2. The van der Waals surface area contributed by atoms with E-state index in [-0.39, 0.29) is 11.1 Å². The molecule has 2 nitrogen and oxygen atoms in total. The SMILES string of the molecule is C#Cc1cc(F)ncc1C#N. The molecule has 3 heteroatoms. The Morgan fingerprint density at radius 2 is 2.27 bits per heavy atom. The van der Waals surface area contributed by atoms with E-state index in [2.05, 4.69) is 10.9 Å². The molecule has 0 aliphatic carbocycles. The van der Waals surface area contributed by atoms with Crippen LogP contribution in [0.3, 0.4) is 0 Å². The van der Waals surface area contributed by atoms with Crippen molar-refractivity contribution in [3.05, 3.63) is 29.3 Å². The molecular weight excluding hydrogens is 143 g/mol. The van der Waals surface area contributed by atoms with Crippen molar-refractivity contribution >= 4 is 0 Å². The third-order valence-electron chi connectivity index (χ3n) is 1.15. The van der Waals surface area contributed by atoms with Crippen molar-refractivity contribution < 1.29 is 4.39 Å². The first kappa shape index (κ1) is 7.24. The molecule has 0 saturated heterocycles. The molecule has 1 aromatic rings. The van der Waals surface area contributed by atoms with E-state index in [0.717, 1.165) is 12.3 Å². The van der Waals surface area contributed by atoms with Gasteiger partial charge in [-0.15, -0.1) is 6.42 Å². The monoisotopic (exact) mass is 146 g/mol. The van der Waals surface area contributed by atoms with Gasteiger partial charge in [0.15, 0.2) is 0 Å². The maximum atomic E-state index is 12.4. The lowest BCUT2D eigenvalue weighted by Gasteiger charge is -1.92. The fraction of sp³-hybridized carbons (Fsp3) is 0. The van der Waals surface area contributed by atoms with E-state index in [1.54, 1.807) is 6.07 Å². The van der Waals surface area contributed by atoms with Crippen LogP contribution in [0.1, 0.15) is 11.1 Å². The molecule has 52 valence electrons. The first-order valence-electron chi connectivity index (χ1n) is 2.80. The Kier molecular flexibility index (Phi) is 1.85. The highest BCUT2D eigenvalue weighted by Gasteiger charge is 2.00. The zero-order valence-electron chi connectivity index (χ0n) is 5.50. The number of pyridine rings is 1. The molecule has 1 aromatic heterocycles. The van der Waals surface area contributed by atoms with E-state index in [0.29, 0.717) is 0 Å². The fourth-order valence-electron chi connectivity index (χ4n) is 0.638. The molecule has 0 aromatic carbocycles. The number of hydrogen-bond donors (Lipinski definition) is 0. The summed E-state index contributed by atoms with van der Waals surface area (Å²) in [5, 5.41) is 8.43. The van der Waals surface area contributed by atoms with Crippen LogP contribution in [0.5, 0.6) is 0 Å². The smallest absolute Gasteiger partial charge is 0.214 e. The molecule has 11 heavy (non-hydrogen) atoms. The molecule has 0 fully saturated rings. The zero-order chi connectivity index (χ0) is 8.27. The summed E-state index contributed by atoms with van der Waals surface area (Å²) in [4.78, 5) is 3.27. The fourth-order valence-corrected chi connectivity index (χ4v) is 0.638. The van der Waals surface area contributed by atoms with E-state index in [1.165, 1.54) is 0 Å². The summed E-state index contributed by atoms with van der Waals surface area (Å²) in [6.07, 6.45) is 6.12. The lowest BCUT2D eigenvalue weighted by molar-refractivity contribution is 0.583. The minimum atomic E-state index is -0.669. The molecule has 0 amide bonds. The van der Waals surface area contributed by atoms with Gasteiger partial charge in [-0.3, -0.25) is 0 Å². The van der Waals surface area contributed by atoms with Crippen LogP contribution >= 0.6 is 0 Å². The predicted molar refractivity (Wildman–Crippen MR) is 36.8 cm³/mol. The Morgan fingerprint density at radius 1 is 1.55 bits per heavy atom. The Morgan fingerprint density at radius 3 is 2.82 bits per heavy atom. The number of halogens is 1. The quantitative estimate of drug-likeness (QED) is 0.405. The highest BCUT2D eigenvalue weighted by molar-refractivity contribution is 5.44. The number of terminal acetylenes is 1.